The lowest BCUT2D eigenvalue weighted by molar-refractivity contribution is 0.0943. The average molecular weight is 327 g/mol. The second-order valence-corrected chi connectivity index (χ2v) is 6.45. The molecular weight excluding hydrogens is 302 g/mol. The first-order valence-corrected chi connectivity index (χ1v) is 8.66. The maximum atomic E-state index is 12.5. The van der Waals surface area contributed by atoms with Crippen LogP contribution in [0.2, 0.25) is 0 Å². The van der Waals surface area contributed by atoms with Gasteiger partial charge in [0.05, 0.1) is 0 Å². The molecule has 0 saturated heterocycles. The molecule has 1 saturated carbocycles. The summed E-state index contributed by atoms with van der Waals surface area (Å²) in [6, 6.07) is 10.3. The smallest absolute Gasteiger partial charge is 0.273 e. The predicted octanol–water partition coefficient (Wildman–Crippen LogP) is 3.25. The quantitative estimate of drug-likeness (QED) is 0.885. The van der Waals surface area contributed by atoms with Crippen molar-refractivity contribution in [1.29, 1.82) is 0 Å². The monoisotopic (exact) mass is 327 g/mol. The van der Waals surface area contributed by atoms with Crippen LogP contribution in [0, 0.1) is 6.92 Å². The lowest BCUT2D eigenvalue weighted by Gasteiger charge is -2.23. The van der Waals surface area contributed by atoms with E-state index in [0.717, 1.165) is 12.1 Å². The Morgan fingerprint density at radius 3 is 2.71 bits per heavy atom. The molecular formula is C19H25N3O2. The summed E-state index contributed by atoms with van der Waals surface area (Å²) < 4.78 is 5.65. The number of hydrogen-bond donors (Lipinski definition) is 1. The third kappa shape index (κ3) is 3.85. The van der Waals surface area contributed by atoms with Gasteiger partial charge in [0.25, 0.3) is 5.91 Å². The molecule has 0 atom stereocenters. The third-order valence-electron chi connectivity index (χ3n) is 4.68. The maximum absolute atomic E-state index is 12.5. The van der Waals surface area contributed by atoms with E-state index in [1.807, 2.05) is 30.3 Å². The van der Waals surface area contributed by atoms with Gasteiger partial charge in [-0.2, -0.15) is 0 Å². The van der Waals surface area contributed by atoms with Crippen molar-refractivity contribution in [1.82, 2.24) is 15.2 Å². The van der Waals surface area contributed by atoms with Crippen LogP contribution in [0.25, 0.3) is 11.3 Å². The Hall–Kier alpha value is -2.14. The Morgan fingerprint density at radius 1 is 1.29 bits per heavy atom. The molecule has 5 heteroatoms. The van der Waals surface area contributed by atoms with E-state index >= 15 is 0 Å². The van der Waals surface area contributed by atoms with E-state index in [1.54, 1.807) is 6.92 Å². The van der Waals surface area contributed by atoms with Crippen LogP contribution in [0.1, 0.15) is 42.1 Å². The molecule has 0 spiro atoms. The van der Waals surface area contributed by atoms with Crippen molar-refractivity contribution >= 4 is 5.91 Å². The Labute approximate surface area is 143 Å². The van der Waals surface area contributed by atoms with Gasteiger partial charge in [-0.15, -0.1) is 0 Å². The molecule has 5 nitrogen and oxygen atoms in total. The molecule has 1 aliphatic rings. The number of benzene rings is 1. The lowest BCUT2D eigenvalue weighted by atomic mass is 10.1. The number of nitrogens with one attached hydrogen (secondary N) is 1. The van der Waals surface area contributed by atoms with Gasteiger partial charge in [-0.25, -0.2) is 4.98 Å². The minimum Gasteiger partial charge on any atom is -0.440 e. The second kappa shape index (κ2) is 7.62. The number of aromatic nitrogens is 1. The van der Waals surface area contributed by atoms with Gasteiger partial charge >= 0.3 is 0 Å². The maximum Gasteiger partial charge on any atom is 0.273 e. The van der Waals surface area contributed by atoms with Crippen LogP contribution in [0.5, 0.6) is 0 Å². The number of amides is 1. The van der Waals surface area contributed by atoms with Crippen molar-refractivity contribution < 1.29 is 9.21 Å². The van der Waals surface area contributed by atoms with Gasteiger partial charge in [-0.05, 0) is 19.9 Å². The highest BCUT2D eigenvalue weighted by molar-refractivity contribution is 5.97. The minimum absolute atomic E-state index is 0.175. The summed E-state index contributed by atoms with van der Waals surface area (Å²) >= 11 is 0. The van der Waals surface area contributed by atoms with Gasteiger partial charge in [0.15, 0.2) is 17.3 Å². The molecule has 128 valence electrons. The Morgan fingerprint density at radius 2 is 2.00 bits per heavy atom. The Kier molecular flexibility index (Phi) is 5.30. The summed E-state index contributed by atoms with van der Waals surface area (Å²) in [7, 11) is 2.14. The van der Waals surface area contributed by atoms with E-state index in [9.17, 15) is 4.79 Å². The van der Waals surface area contributed by atoms with Gasteiger partial charge in [0, 0.05) is 31.6 Å². The fourth-order valence-corrected chi connectivity index (χ4v) is 3.32. The van der Waals surface area contributed by atoms with E-state index in [1.165, 1.54) is 25.7 Å². The Balaban J connectivity index is 1.61. The number of nitrogens with zero attached hydrogens (tertiary/aromatic N) is 2. The highest BCUT2D eigenvalue weighted by atomic mass is 16.4. The van der Waals surface area contributed by atoms with Crippen molar-refractivity contribution in [2.24, 2.45) is 0 Å². The molecule has 3 rings (SSSR count). The normalized spacial score (nSPS) is 15.1. The van der Waals surface area contributed by atoms with E-state index in [2.05, 4.69) is 22.2 Å². The number of likely N-dealkylation sites (N-methyl/N-ethyl adjacent to an activating group) is 1. The van der Waals surface area contributed by atoms with Crippen LogP contribution in [-0.2, 0) is 0 Å². The van der Waals surface area contributed by atoms with Crippen LogP contribution >= 0.6 is 0 Å². The van der Waals surface area contributed by atoms with Crippen LogP contribution < -0.4 is 5.32 Å². The van der Waals surface area contributed by atoms with Crippen LogP contribution in [0.3, 0.4) is 0 Å². The zero-order chi connectivity index (χ0) is 16.9. The molecule has 24 heavy (non-hydrogen) atoms. The van der Waals surface area contributed by atoms with E-state index in [0.29, 0.717) is 29.9 Å². The summed E-state index contributed by atoms with van der Waals surface area (Å²) in [5.74, 6) is 0.863. The standard InChI is InChI=1S/C19H25N3O2/c1-14-21-17(18(24-14)15-8-4-3-5-9-15)19(23)20-12-13-22(2)16-10-6-7-11-16/h3-5,8-9,16H,6-7,10-13H2,1-2H3,(H,20,23). The number of rotatable bonds is 6. The second-order valence-electron chi connectivity index (χ2n) is 6.45. The average Bonchev–Trinajstić information content (AvgIpc) is 3.25. The molecule has 1 fully saturated rings. The van der Waals surface area contributed by atoms with Crippen LogP contribution in [-0.4, -0.2) is 42.0 Å². The van der Waals surface area contributed by atoms with E-state index in [-0.39, 0.29) is 5.91 Å². The SMILES string of the molecule is Cc1nc(C(=O)NCCN(C)C2CCCC2)c(-c2ccccc2)o1. The molecule has 0 aliphatic heterocycles. The lowest BCUT2D eigenvalue weighted by Crippen LogP contribution is -2.37. The third-order valence-corrected chi connectivity index (χ3v) is 4.68. The van der Waals surface area contributed by atoms with Gasteiger partial charge in [-0.1, -0.05) is 43.2 Å². The zero-order valence-electron chi connectivity index (χ0n) is 14.4. The molecule has 1 aromatic heterocycles. The summed E-state index contributed by atoms with van der Waals surface area (Å²) in [5, 5.41) is 2.97. The number of aryl methyl sites for hydroxylation is 1. The summed E-state index contributed by atoms with van der Waals surface area (Å²) in [4.78, 5) is 19.1. The van der Waals surface area contributed by atoms with Gasteiger partial charge in [0.2, 0.25) is 0 Å². The number of hydrogen-bond acceptors (Lipinski definition) is 4. The van der Waals surface area contributed by atoms with Crippen LogP contribution in [0.4, 0.5) is 0 Å². The molecule has 0 bridgehead atoms. The fraction of sp³-hybridized carbons (Fsp3) is 0.474. The molecule has 2 aromatic rings. The fourth-order valence-electron chi connectivity index (χ4n) is 3.32. The highest BCUT2D eigenvalue weighted by Gasteiger charge is 2.21. The molecule has 1 aliphatic carbocycles. The van der Waals surface area contributed by atoms with Crippen molar-refractivity contribution in [2.75, 3.05) is 20.1 Å². The Bertz CT molecular complexity index is 675. The zero-order valence-corrected chi connectivity index (χ0v) is 14.4. The van der Waals surface area contributed by atoms with Gasteiger partial charge < -0.3 is 14.6 Å². The molecule has 1 amide bonds. The van der Waals surface area contributed by atoms with E-state index < -0.39 is 0 Å². The number of carbonyl (C=O) groups excluding carboxylic acids is 1. The molecule has 1 heterocycles. The first-order chi connectivity index (χ1) is 11.6. The summed E-state index contributed by atoms with van der Waals surface area (Å²) in [6.07, 6.45) is 5.18. The van der Waals surface area contributed by atoms with E-state index in [4.69, 9.17) is 4.42 Å². The van der Waals surface area contributed by atoms with Crippen molar-refractivity contribution in [3.05, 3.63) is 41.9 Å². The molecule has 1 aromatic carbocycles. The molecule has 0 radical (unpaired) electrons. The highest BCUT2D eigenvalue weighted by Crippen LogP contribution is 2.24. The minimum atomic E-state index is -0.175. The topological polar surface area (TPSA) is 58.4 Å². The van der Waals surface area contributed by atoms with Crippen LogP contribution in [0.15, 0.2) is 34.7 Å². The number of carbonyl (C=O) groups is 1. The molecule has 0 unspecified atom stereocenters. The van der Waals surface area contributed by atoms with Gasteiger partial charge in [0.1, 0.15) is 0 Å². The summed E-state index contributed by atoms with van der Waals surface area (Å²) in [5.41, 5.74) is 1.23. The number of oxazole rings is 1. The van der Waals surface area contributed by atoms with Gasteiger partial charge in [-0.3, -0.25) is 4.79 Å². The first kappa shape index (κ1) is 16.7. The summed E-state index contributed by atoms with van der Waals surface area (Å²) in [6.45, 7) is 3.23. The largest absolute Gasteiger partial charge is 0.440 e. The van der Waals surface area contributed by atoms with Crippen molar-refractivity contribution in [2.45, 2.75) is 38.6 Å². The first-order valence-electron chi connectivity index (χ1n) is 8.66. The van der Waals surface area contributed by atoms with Crippen molar-refractivity contribution in [3.8, 4) is 11.3 Å². The molecule has 1 N–H and O–H groups in total. The predicted molar refractivity (Wildman–Crippen MR) is 93.9 cm³/mol. The van der Waals surface area contributed by atoms with Crippen molar-refractivity contribution in [3.63, 3.8) is 0 Å².